The first-order valence-electron chi connectivity index (χ1n) is 5.74. The minimum atomic E-state index is 0.671. The van der Waals surface area contributed by atoms with Gasteiger partial charge in [-0.2, -0.15) is 0 Å². The summed E-state index contributed by atoms with van der Waals surface area (Å²) in [6.45, 7) is 2.03. The Morgan fingerprint density at radius 1 is 0.889 bits per heavy atom. The molecule has 2 nitrogen and oxygen atoms in total. The number of benzene rings is 2. The lowest BCUT2D eigenvalue weighted by Gasteiger charge is -2.07. The monoisotopic (exact) mass is 254 g/mol. The summed E-state index contributed by atoms with van der Waals surface area (Å²) in [6, 6.07) is 15.8. The van der Waals surface area contributed by atoms with E-state index < -0.39 is 0 Å². The van der Waals surface area contributed by atoms with Gasteiger partial charge in [-0.25, -0.2) is 0 Å². The fourth-order valence-electron chi connectivity index (χ4n) is 2.07. The summed E-state index contributed by atoms with van der Waals surface area (Å²) in [6.07, 6.45) is 0. The van der Waals surface area contributed by atoms with E-state index in [4.69, 9.17) is 11.6 Å². The number of halogens is 1. The summed E-state index contributed by atoms with van der Waals surface area (Å²) in [5.74, 6) is 0. The van der Waals surface area contributed by atoms with Crippen molar-refractivity contribution in [2.24, 2.45) is 0 Å². The molecule has 0 spiro atoms. The van der Waals surface area contributed by atoms with Crippen LogP contribution in [0.3, 0.4) is 0 Å². The molecule has 0 aliphatic rings. The Kier molecular flexibility index (Phi) is 2.73. The van der Waals surface area contributed by atoms with Crippen LogP contribution in [-0.4, -0.2) is 10.2 Å². The molecule has 18 heavy (non-hydrogen) atoms. The number of hydrogen-bond donors (Lipinski definition) is 0. The van der Waals surface area contributed by atoms with Crippen molar-refractivity contribution in [3.05, 3.63) is 59.1 Å². The molecule has 0 saturated carbocycles. The Bertz CT molecular complexity index is 708. The van der Waals surface area contributed by atoms with E-state index >= 15 is 0 Å². The van der Waals surface area contributed by atoms with Crippen LogP contribution < -0.4 is 0 Å². The summed E-state index contributed by atoms with van der Waals surface area (Å²) in [4.78, 5) is 0. The lowest BCUT2D eigenvalue weighted by Crippen LogP contribution is -1.92. The summed E-state index contributed by atoms with van der Waals surface area (Å²) in [7, 11) is 0. The van der Waals surface area contributed by atoms with E-state index in [-0.39, 0.29) is 0 Å². The molecule has 0 fully saturated rings. The van der Waals surface area contributed by atoms with Crippen LogP contribution >= 0.6 is 11.6 Å². The predicted octanol–water partition coefficient (Wildman–Crippen LogP) is 4.26. The summed E-state index contributed by atoms with van der Waals surface area (Å²) in [5.41, 5.74) is 3.67. The normalized spacial score (nSPS) is 10.8. The fraction of sp³-hybridized carbons (Fsp3) is 0.0667. The SMILES string of the molecule is Cc1cccc2nnc(-c3ccccc3)c(Cl)c12. The first-order chi connectivity index (χ1) is 8.77. The van der Waals surface area contributed by atoms with Gasteiger partial charge in [0, 0.05) is 10.9 Å². The molecule has 1 heterocycles. The zero-order valence-electron chi connectivity index (χ0n) is 9.89. The zero-order chi connectivity index (χ0) is 12.5. The molecule has 0 aliphatic carbocycles. The molecule has 0 bridgehead atoms. The van der Waals surface area contributed by atoms with E-state index in [0.29, 0.717) is 5.02 Å². The van der Waals surface area contributed by atoms with Crippen LogP contribution in [0.4, 0.5) is 0 Å². The smallest absolute Gasteiger partial charge is 0.112 e. The zero-order valence-corrected chi connectivity index (χ0v) is 10.6. The lowest BCUT2D eigenvalue weighted by molar-refractivity contribution is 1.08. The number of aromatic nitrogens is 2. The molecule has 0 amide bonds. The second kappa shape index (κ2) is 4.39. The second-order valence-electron chi connectivity index (χ2n) is 4.20. The van der Waals surface area contributed by atoms with Crippen LogP contribution in [0.2, 0.25) is 5.02 Å². The molecule has 3 rings (SSSR count). The van der Waals surface area contributed by atoms with Crippen molar-refractivity contribution in [2.75, 3.05) is 0 Å². The van der Waals surface area contributed by atoms with E-state index in [1.54, 1.807) is 0 Å². The van der Waals surface area contributed by atoms with Crippen molar-refractivity contribution < 1.29 is 0 Å². The number of aryl methyl sites for hydroxylation is 1. The van der Waals surface area contributed by atoms with Gasteiger partial charge in [-0.05, 0) is 18.6 Å². The van der Waals surface area contributed by atoms with Gasteiger partial charge in [0.05, 0.1) is 10.5 Å². The highest BCUT2D eigenvalue weighted by molar-refractivity contribution is 6.38. The minimum absolute atomic E-state index is 0.671. The van der Waals surface area contributed by atoms with Gasteiger partial charge in [0.1, 0.15) is 5.69 Å². The number of hydrogen-bond acceptors (Lipinski definition) is 2. The molecule has 88 valence electrons. The summed E-state index contributed by atoms with van der Waals surface area (Å²) >= 11 is 6.48. The third-order valence-electron chi connectivity index (χ3n) is 2.98. The fourth-order valence-corrected chi connectivity index (χ4v) is 2.46. The lowest BCUT2D eigenvalue weighted by atomic mass is 10.1. The van der Waals surface area contributed by atoms with Gasteiger partial charge < -0.3 is 0 Å². The first-order valence-corrected chi connectivity index (χ1v) is 6.12. The maximum Gasteiger partial charge on any atom is 0.112 e. The topological polar surface area (TPSA) is 25.8 Å². The Morgan fingerprint density at radius 2 is 1.67 bits per heavy atom. The van der Waals surface area contributed by atoms with Crippen molar-refractivity contribution in [3.63, 3.8) is 0 Å². The molecule has 0 aliphatic heterocycles. The van der Waals surface area contributed by atoms with E-state index in [1.165, 1.54) is 0 Å². The largest absolute Gasteiger partial charge is 0.150 e. The van der Waals surface area contributed by atoms with Crippen LogP contribution in [0.15, 0.2) is 48.5 Å². The highest BCUT2D eigenvalue weighted by Crippen LogP contribution is 2.32. The van der Waals surface area contributed by atoms with Gasteiger partial charge in [0.25, 0.3) is 0 Å². The van der Waals surface area contributed by atoms with E-state index in [0.717, 1.165) is 27.7 Å². The Hall–Kier alpha value is -1.93. The summed E-state index contributed by atoms with van der Waals surface area (Å²) in [5, 5.41) is 10.1. The van der Waals surface area contributed by atoms with Crippen molar-refractivity contribution >= 4 is 22.5 Å². The van der Waals surface area contributed by atoms with Crippen molar-refractivity contribution in [1.29, 1.82) is 0 Å². The standard InChI is InChI=1S/C15H11ClN2/c1-10-6-5-9-12-13(10)14(16)15(18-17-12)11-7-3-2-4-8-11/h2-9H,1H3. The minimum Gasteiger partial charge on any atom is -0.150 e. The Morgan fingerprint density at radius 3 is 2.44 bits per heavy atom. The second-order valence-corrected chi connectivity index (χ2v) is 4.58. The average Bonchev–Trinajstić information content (AvgIpc) is 2.40. The molecule has 0 saturated heterocycles. The molecule has 2 aromatic carbocycles. The highest BCUT2D eigenvalue weighted by atomic mass is 35.5. The van der Waals surface area contributed by atoms with Crippen molar-refractivity contribution in [3.8, 4) is 11.3 Å². The quantitative estimate of drug-likeness (QED) is 0.648. The van der Waals surface area contributed by atoms with Crippen LogP contribution in [0.1, 0.15) is 5.56 Å². The van der Waals surface area contributed by atoms with Crippen LogP contribution in [0.25, 0.3) is 22.2 Å². The van der Waals surface area contributed by atoms with E-state index in [1.807, 2.05) is 55.5 Å². The molecule has 0 N–H and O–H groups in total. The van der Waals surface area contributed by atoms with Gasteiger partial charge in [-0.1, -0.05) is 54.1 Å². The molecule has 0 radical (unpaired) electrons. The number of nitrogens with zero attached hydrogens (tertiary/aromatic N) is 2. The molecular formula is C15H11ClN2. The van der Waals surface area contributed by atoms with Gasteiger partial charge in [0.2, 0.25) is 0 Å². The highest BCUT2D eigenvalue weighted by Gasteiger charge is 2.11. The van der Waals surface area contributed by atoms with Gasteiger partial charge in [-0.15, -0.1) is 10.2 Å². The molecule has 1 aromatic heterocycles. The van der Waals surface area contributed by atoms with Crippen molar-refractivity contribution in [2.45, 2.75) is 6.92 Å². The van der Waals surface area contributed by atoms with E-state index in [9.17, 15) is 0 Å². The summed E-state index contributed by atoms with van der Waals surface area (Å²) < 4.78 is 0. The van der Waals surface area contributed by atoms with Crippen LogP contribution in [-0.2, 0) is 0 Å². The Labute approximate surface area is 110 Å². The maximum absolute atomic E-state index is 6.48. The maximum atomic E-state index is 6.48. The average molecular weight is 255 g/mol. The van der Waals surface area contributed by atoms with Gasteiger partial charge >= 0.3 is 0 Å². The Balaban J connectivity index is 2.33. The third kappa shape index (κ3) is 1.75. The molecular weight excluding hydrogens is 244 g/mol. The molecule has 0 unspecified atom stereocenters. The van der Waals surface area contributed by atoms with Crippen molar-refractivity contribution in [1.82, 2.24) is 10.2 Å². The predicted molar refractivity (Wildman–Crippen MR) is 74.7 cm³/mol. The first kappa shape index (κ1) is 11.2. The molecule has 3 heteroatoms. The number of fused-ring (bicyclic) bond motifs is 1. The number of rotatable bonds is 1. The third-order valence-corrected chi connectivity index (χ3v) is 3.35. The molecule has 3 aromatic rings. The van der Waals surface area contributed by atoms with E-state index in [2.05, 4.69) is 10.2 Å². The van der Waals surface area contributed by atoms with Crippen LogP contribution in [0, 0.1) is 6.92 Å². The van der Waals surface area contributed by atoms with Gasteiger partial charge in [-0.3, -0.25) is 0 Å². The molecule has 0 atom stereocenters. The van der Waals surface area contributed by atoms with Crippen LogP contribution in [0.5, 0.6) is 0 Å². The van der Waals surface area contributed by atoms with Gasteiger partial charge in [0.15, 0.2) is 0 Å².